The average Bonchev–Trinajstić information content (AvgIpc) is 3.45. The number of halogens is 2. The molecule has 32 heavy (non-hydrogen) atoms. The van der Waals surface area contributed by atoms with E-state index in [0.29, 0.717) is 29.9 Å². The van der Waals surface area contributed by atoms with Crippen LogP contribution in [0.15, 0.2) is 48.5 Å². The van der Waals surface area contributed by atoms with Gasteiger partial charge < -0.3 is 14.2 Å². The van der Waals surface area contributed by atoms with Gasteiger partial charge in [0.15, 0.2) is 0 Å². The van der Waals surface area contributed by atoms with Crippen LogP contribution in [0.1, 0.15) is 25.3 Å². The minimum atomic E-state index is -1.44. The third kappa shape index (κ3) is 4.83. The van der Waals surface area contributed by atoms with Gasteiger partial charge in [0.05, 0.1) is 12.6 Å². The molecular weight excluding hydrogens is 434 g/mol. The van der Waals surface area contributed by atoms with Crippen LogP contribution >= 0.6 is 0 Å². The van der Waals surface area contributed by atoms with Crippen LogP contribution in [0.4, 0.5) is 8.78 Å². The standard InChI is InChI=1S/C24H28F2N2O3S/c1-2-32(30)27-23-19(25)15-28(24(29)21-12-7-13-31-21)20(23)14-17-10-6-11-18(22(17)26)16-8-4-3-5-9-16/h3-6,8-11,19-21,23,27H,2,7,12-15H2,1H3/t19-,20-,21+,23-,32?/m0/s1. The van der Waals surface area contributed by atoms with Crippen molar-refractivity contribution in [1.29, 1.82) is 0 Å². The van der Waals surface area contributed by atoms with Crippen molar-refractivity contribution in [2.45, 2.75) is 50.5 Å². The lowest BCUT2D eigenvalue weighted by Crippen LogP contribution is -2.51. The molecule has 0 bridgehead atoms. The van der Waals surface area contributed by atoms with E-state index in [9.17, 15) is 9.35 Å². The molecule has 2 fully saturated rings. The van der Waals surface area contributed by atoms with Crippen molar-refractivity contribution in [3.8, 4) is 11.1 Å². The van der Waals surface area contributed by atoms with E-state index in [4.69, 9.17) is 4.74 Å². The number of hydrogen-bond donors (Lipinski definition) is 1. The lowest BCUT2D eigenvalue weighted by molar-refractivity contribution is -0.142. The monoisotopic (exact) mass is 462 g/mol. The van der Waals surface area contributed by atoms with Crippen molar-refractivity contribution in [3.05, 3.63) is 59.9 Å². The molecule has 172 valence electrons. The first kappa shape index (κ1) is 23.2. The molecule has 4 rings (SSSR count). The van der Waals surface area contributed by atoms with E-state index in [1.807, 2.05) is 30.3 Å². The molecule has 2 aliphatic heterocycles. The molecule has 0 spiro atoms. The SMILES string of the molecule is CC[S+]([O-])N[C@H]1[C@@H](F)CN(C(=O)[C@H]2CCCO2)[C@H]1Cc1cccc(-c2ccccc2)c1F. The van der Waals surface area contributed by atoms with E-state index in [2.05, 4.69) is 4.72 Å². The Labute approximate surface area is 190 Å². The van der Waals surface area contributed by atoms with E-state index >= 15 is 8.78 Å². The van der Waals surface area contributed by atoms with Gasteiger partial charge in [0.1, 0.15) is 29.9 Å². The zero-order valence-corrected chi connectivity index (χ0v) is 18.8. The number of carbonyl (C=O) groups is 1. The molecule has 0 radical (unpaired) electrons. The molecular formula is C24H28F2N2O3S. The molecule has 0 saturated carbocycles. The summed E-state index contributed by atoms with van der Waals surface area (Å²) in [5, 5.41) is 0. The summed E-state index contributed by atoms with van der Waals surface area (Å²) < 4.78 is 51.1. The number of amides is 1. The Morgan fingerprint density at radius 3 is 2.72 bits per heavy atom. The molecule has 5 atom stereocenters. The van der Waals surface area contributed by atoms with Gasteiger partial charge in [0.2, 0.25) is 0 Å². The van der Waals surface area contributed by atoms with Crippen molar-refractivity contribution in [2.24, 2.45) is 0 Å². The normalized spacial score (nSPS) is 26.4. The second-order valence-electron chi connectivity index (χ2n) is 8.20. The maximum absolute atomic E-state index is 15.5. The van der Waals surface area contributed by atoms with Gasteiger partial charge in [0, 0.05) is 23.5 Å². The summed E-state index contributed by atoms with van der Waals surface area (Å²) in [6.45, 7) is 2.11. The number of nitrogens with zero attached hydrogens (tertiary/aromatic N) is 1. The Morgan fingerprint density at radius 1 is 1.25 bits per heavy atom. The quantitative estimate of drug-likeness (QED) is 0.641. The summed E-state index contributed by atoms with van der Waals surface area (Å²) in [7, 11) is 0. The molecule has 1 N–H and O–H groups in total. The minimum absolute atomic E-state index is 0.115. The third-order valence-electron chi connectivity index (χ3n) is 6.19. The van der Waals surface area contributed by atoms with E-state index in [1.165, 1.54) is 4.90 Å². The molecule has 1 amide bonds. The second kappa shape index (κ2) is 10.3. The molecule has 2 aromatic rings. The van der Waals surface area contributed by atoms with Crippen molar-refractivity contribution in [3.63, 3.8) is 0 Å². The van der Waals surface area contributed by atoms with E-state index in [0.717, 1.165) is 12.0 Å². The van der Waals surface area contributed by atoms with Crippen LogP contribution in [0, 0.1) is 5.82 Å². The van der Waals surface area contributed by atoms with Gasteiger partial charge in [-0.2, -0.15) is 0 Å². The van der Waals surface area contributed by atoms with E-state index < -0.39 is 35.7 Å². The van der Waals surface area contributed by atoms with Gasteiger partial charge in [-0.15, -0.1) is 4.72 Å². The number of carbonyl (C=O) groups excluding carboxylic acids is 1. The number of nitrogens with one attached hydrogen (secondary N) is 1. The van der Waals surface area contributed by atoms with Gasteiger partial charge >= 0.3 is 0 Å². The zero-order chi connectivity index (χ0) is 22.7. The topological polar surface area (TPSA) is 64.6 Å². The molecule has 2 saturated heterocycles. The first-order valence-corrected chi connectivity index (χ1v) is 12.3. The van der Waals surface area contributed by atoms with Crippen LogP contribution in [0.2, 0.25) is 0 Å². The summed E-state index contributed by atoms with van der Waals surface area (Å²) in [5.74, 6) is -0.352. The number of likely N-dealkylation sites (tertiary alicyclic amines) is 1. The predicted molar refractivity (Wildman–Crippen MR) is 121 cm³/mol. The largest absolute Gasteiger partial charge is 0.598 e. The van der Waals surface area contributed by atoms with Crippen molar-refractivity contribution < 1.29 is 22.9 Å². The Bertz CT molecular complexity index is 927. The second-order valence-corrected chi connectivity index (χ2v) is 9.71. The summed E-state index contributed by atoms with van der Waals surface area (Å²) in [6, 6.07) is 12.8. The molecule has 1 unspecified atom stereocenters. The van der Waals surface area contributed by atoms with Crippen LogP contribution in [0.5, 0.6) is 0 Å². The first-order chi connectivity index (χ1) is 15.5. The maximum Gasteiger partial charge on any atom is 0.252 e. The lowest BCUT2D eigenvalue weighted by Gasteiger charge is -2.30. The number of rotatable bonds is 7. The molecule has 8 heteroatoms. The predicted octanol–water partition coefficient (Wildman–Crippen LogP) is 3.40. The smallest absolute Gasteiger partial charge is 0.252 e. The van der Waals surface area contributed by atoms with Crippen LogP contribution in [0.25, 0.3) is 11.1 Å². The van der Waals surface area contributed by atoms with Crippen LogP contribution in [0.3, 0.4) is 0 Å². The molecule has 5 nitrogen and oxygen atoms in total. The molecule has 2 aliphatic rings. The Balaban J connectivity index is 1.64. The van der Waals surface area contributed by atoms with Gasteiger partial charge in [0.25, 0.3) is 5.91 Å². The van der Waals surface area contributed by atoms with Crippen LogP contribution < -0.4 is 4.72 Å². The van der Waals surface area contributed by atoms with Gasteiger partial charge in [-0.1, -0.05) is 48.5 Å². The van der Waals surface area contributed by atoms with E-state index in [1.54, 1.807) is 25.1 Å². The van der Waals surface area contributed by atoms with Gasteiger partial charge in [-0.05, 0) is 37.3 Å². The lowest BCUT2D eigenvalue weighted by atomic mass is 9.95. The van der Waals surface area contributed by atoms with Gasteiger partial charge in [-0.25, -0.2) is 8.78 Å². The van der Waals surface area contributed by atoms with Crippen LogP contribution in [-0.4, -0.2) is 58.6 Å². The highest BCUT2D eigenvalue weighted by molar-refractivity contribution is 7.89. The Hall–Kier alpha value is -2.00. The zero-order valence-electron chi connectivity index (χ0n) is 18.0. The van der Waals surface area contributed by atoms with Crippen molar-refractivity contribution in [2.75, 3.05) is 18.9 Å². The third-order valence-corrected chi connectivity index (χ3v) is 7.25. The minimum Gasteiger partial charge on any atom is -0.598 e. The number of ether oxygens (including phenoxy) is 1. The molecule has 2 aromatic carbocycles. The van der Waals surface area contributed by atoms with Crippen LogP contribution in [-0.2, 0) is 27.3 Å². The summed E-state index contributed by atoms with van der Waals surface area (Å²) in [6.07, 6.45) is -0.509. The van der Waals surface area contributed by atoms with Crippen molar-refractivity contribution in [1.82, 2.24) is 9.62 Å². The molecule has 0 aromatic heterocycles. The average molecular weight is 463 g/mol. The fourth-order valence-corrected chi connectivity index (χ4v) is 5.29. The number of benzene rings is 2. The molecule has 0 aliphatic carbocycles. The summed E-state index contributed by atoms with van der Waals surface area (Å²) >= 11 is -1.44. The van der Waals surface area contributed by atoms with E-state index in [-0.39, 0.29) is 24.7 Å². The maximum atomic E-state index is 15.5. The highest BCUT2D eigenvalue weighted by atomic mass is 32.2. The van der Waals surface area contributed by atoms with Crippen molar-refractivity contribution >= 4 is 17.3 Å². The number of hydrogen-bond acceptors (Lipinski definition) is 4. The number of alkyl halides is 1. The fourth-order valence-electron chi connectivity index (χ4n) is 4.51. The summed E-state index contributed by atoms with van der Waals surface area (Å²) in [5.41, 5.74) is 1.59. The Kier molecular flexibility index (Phi) is 7.45. The fraction of sp³-hybridized carbons (Fsp3) is 0.458. The summed E-state index contributed by atoms with van der Waals surface area (Å²) in [4.78, 5) is 14.6. The molecule has 2 heterocycles. The van der Waals surface area contributed by atoms with Gasteiger partial charge in [-0.3, -0.25) is 4.79 Å². The first-order valence-electron chi connectivity index (χ1n) is 11.0. The highest BCUT2D eigenvalue weighted by Gasteiger charge is 2.48. The Morgan fingerprint density at radius 2 is 2.03 bits per heavy atom. The highest BCUT2D eigenvalue weighted by Crippen LogP contribution is 2.31.